The monoisotopic (exact) mass is 293 g/mol. The Morgan fingerprint density at radius 3 is 3.05 bits per heavy atom. The molecule has 21 heavy (non-hydrogen) atoms. The van der Waals surface area contributed by atoms with Gasteiger partial charge < -0.3 is 11.1 Å². The Labute approximate surface area is 125 Å². The van der Waals surface area contributed by atoms with Crippen molar-refractivity contribution in [2.45, 2.75) is 26.3 Å². The predicted octanol–water partition coefficient (Wildman–Crippen LogP) is 1.42. The van der Waals surface area contributed by atoms with Crippen molar-refractivity contribution in [3.05, 3.63) is 35.1 Å². The fourth-order valence-electron chi connectivity index (χ4n) is 2.69. The van der Waals surface area contributed by atoms with Gasteiger partial charge in [0.1, 0.15) is 5.82 Å². The highest BCUT2D eigenvalue weighted by atomic mass is 19.1. The number of amides is 1. The number of carbonyl (C=O) groups is 1. The first kappa shape index (κ1) is 15.9. The largest absolute Gasteiger partial charge is 0.351 e. The lowest BCUT2D eigenvalue weighted by atomic mass is 9.98. The van der Waals surface area contributed by atoms with E-state index in [1.165, 1.54) is 6.07 Å². The summed E-state index contributed by atoms with van der Waals surface area (Å²) in [5.41, 5.74) is 7.09. The van der Waals surface area contributed by atoms with Crippen molar-refractivity contribution in [2.24, 2.45) is 11.7 Å². The molecule has 0 bridgehead atoms. The Kier molecular flexibility index (Phi) is 5.70. The number of carbonyl (C=O) groups excluding carboxylic acids is 1. The van der Waals surface area contributed by atoms with Crippen LogP contribution in [0, 0.1) is 18.7 Å². The van der Waals surface area contributed by atoms with Crippen molar-refractivity contribution in [3.63, 3.8) is 0 Å². The summed E-state index contributed by atoms with van der Waals surface area (Å²) in [6, 6.07) is 5.04. The fourth-order valence-corrected chi connectivity index (χ4v) is 2.69. The van der Waals surface area contributed by atoms with E-state index in [2.05, 4.69) is 10.2 Å². The van der Waals surface area contributed by atoms with Gasteiger partial charge in [0.05, 0.1) is 6.54 Å². The molecule has 1 saturated heterocycles. The van der Waals surface area contributed by atoms with Crippen LogP contribution in [-0.4, -0.2) is 37.0 Å². The van der Waals surface area contributed by atoms with Gasteiger partial charge in [-0.3, -0.25) is 9.69 Å². The molecule has 1 aromatic carbocycles. The molecular formula is C16H24FN3O. The third-order valence-corrected chi connectivity index (χ3v) is 4.03. The van der Waals surface area contributed by atoms with Gasteiger partial charge in [-0.15, -0.1) is 0 Å². The number of benzene rings is 1. The van der Waals surface area contributed by atoms with Crippen molar-refractivity contribution in [3.8, 4) is 0 Å². The molecule has 0 radical (unpaired) electrons. The second kappa shape index (κ2) is 7.52. The molecule has 1 atom stereocenters. The Bertz CT molecular complexity index is 492. The van der Waals surface area contributed by atoms with Gasteiger partial charge >= 0.3 is 0 Å². The SMILES string of the molecule is Cc1ccc(CNC(=O)CN2CCCC(CN)C2)cc1F. The molecule has 1 aliphatic heterocycles. The standard InChI is InChI=1S/C16H24FN3O/c1-12-4-5-13(7-15(12)17)9-19-16(21)11-20-6-2-3-14(8-18)10-20/h4-5,7,14H,2-3,6,8-11,18H2,1H3,(H,19,21). The molecule has 2 rings (SSSR count). The van der Waals surface area contributed by atoms with Crippen LogP contribution in [-0.2, 0) is 11.3 Å². The van der Waals surface area contributed by atoms with Crippen molar-refractivity contribution in [1.29, 1.82) is 0 Å². The van der Waals surface area contributed by atoms with E-state index in [0.717, 1.165) is 31.5 Å². The predicted molar refractivity (Wildman–Crippen MR) is 81.2 cm³/mol. The van der Waals surface area contributed by atoms with Gasteiger partial charge in [-0.1, -0.05) is 12.1 Å². The van der Waals surface area contributed by atoms with Crippen molar-refractivity contribution in [1.82, 2.24) is 10.2 Å². The van der Waals surface area contributed by atoms with Gasteiger partial charge in [0.2, 0.25) is 5.91 Å². The highest BCUT2D eigenvalue weighted by molar-refractivity contribution is 5.78. The number of piperidine rings is 1. The van der Waals surface area contributed by atoms with Crippen LogP contribution in [0.15, 0.2) is 18.2 Å². The summed E-state index contributed by atoms with van der Waals surface area (Å²) >= 11 is 0. The fraction of sp³-hybridized carbons (Fsp3) is 0.562. The zero-order valence-electron chi connectivity index (χ0n) is 12.6. The van der Waals surface area contributed by atoms with Crippen molar-refractivity contribution >= 4 is 5.91 Å². The molecule has 4 nitrogen and oxygen atoms in total. The van der Waals surface area contributed by atoms with E-state index in [4.69, 9.17) is 5.73 Å². The molecule has 1 aromatic rings. The van der Waals surface area contributed by atoms with Crippen molar-refractivity contribution < 1.29 is 9.18 Å². The van der Waals surface area contributed by atoms with Crippen LogP contribution in [0.1, 0.15) is 24.0 Å². The summed E-state index contributed by atoms with van der Waals surface area (Å²) < 4.78 is 13.4. The van der Waals surface area contributed by atoms with E-state index < -0.39 is 0 Å². The molecule has 0 spiro atoms. The number of nitrogens with two attached hydrogens (primary N) is 1. The molecule has 116 valence electrons. The molecule has 0 aliphatic carbocycles. The molecule has 3 N–H and O–H groups in total. The molecular weight excluding hydrogens is 269 g/mol. The molecule has 1 heterocycles. The first-order valence-corrected chi connectivity index (χ1v) is 7.52. The zero-order chi connectivity index (χ0) is 15.2. The number of hydrogen-bond donors (Lipinski definition) is 2. The van der Waals surface area contributed by atoms with Crippen LogP contribution >= 0.6 is 0 Å². The van der Waals surface area contributed by atoms with Gasteiger partial charge in [0.25, 0.3) is 0 Å². The quantitative estimate of drug-likeness (QED) is 0.863. The maximum Gasteiger partial charge on any atom is 0.234 e. The Hall–Kier alpha value is -1.46. The number of likely N-dealkylation sites (tertiary alicyclic amines) is 1. The Balaban J connectivity index is 1.77. The first-order valence-electron chi connectivity index (χ1n) is 7.52. The highest BCUT2D eigenvalue weighted by Gasteiger charge is 2.20. The summed E-state index contributed by atoms with van der Waals surface area (Å²) in [5, 5.41) is 2.85. The molecule has 1 fully saturated rings. The average molecular weight is 293 g/mol. The molecule has 1 unspecified atom stereocenters. The van der Waals surface area contributed by atoms with Crippen LogP contribution in [0.25, 0.3) is 0 Å². The van der Waals surface area contributed by atoms with Gasteiger partial charge in [0, 0.05) is 13.1 Å². The van der Waals surface area contributed by atoms with Crippen LogP contribution in [0.5, 0.6) is 0 Å². The van der Waals surface area contributed by atoms with E-state index in [0.29, 0.717) is 31.1 Å². The topological polar surface area (TPSA) is 58.4 Å². The van der Waals surface area contributed by atoms with Gasteiger partial charge in [-0.2, -0.15) is 0 Å². The van der Waals surface area contributed by atoms with Gasteiger partial charge in [-0.05, 0) is 56.0 Å². The second-order valence-electron chi connectivity index (χ2n) is 5.84. The third kappa shape index (κ3) is 4.79. The van der Waals surface area contributed by atoms with E-state index in [-0.39, 0.29) is 11.7 Å². The maximum atomic E-state index is 13.4. The number of nitrogens with zero attached hydrogens (tertiary/aromatic N) is 1. The van der Waals surface area contributed by atoms with E-state index in [9.17, 15) is 9.18 Å². The third-order valence-electron chi connectivity index (χ3n) is 4.03. The van der Waals surface area contributed by atoms with E-state index in [1.807, 2.05) is 6.07 Å². The first-order chi connectivity index (χ1) is 10.1. The summed E-state index contributed by atoms with van der Waals surface area (Å²) in [6.45, 7) is 5.00. The highest BCUT2D eigenvalue weighted by Crippen LogP contribution is 2.14. The summed E-state index contributed by atoms with van der Waals surface area (Å²) in [5.74, 6) is 0.245. The van der Waals surface area contributed by atoms with Crippen LogP contribution in [0.3, 0.4) is 0 Å². The number of hydrogen-bond acceptors (Lipinski definition) is 3. The number of aryl methyl sites for hydroxylation is 1. The van der Waals surface area contributed by atoms with Crippen LogP contribution in [0.4, 0.5) is 4.39 Å². The normalized spacial score (nSPS) is 19.5. The minimum absolute atomic E-state index is 0.0198. The maximum absolute atomic E-state index is 13.4. The Morgan fingerprint density at radius 1 is 1.52 bits per heavy atom. The number of rotatable bonds is 5. The van der Waals surface area contributed by atoms with E-state index >= 15 is 0 Å². The Morgan fingerprint density at radius 2 is 2.33 bits per heavy atom. The number of nitrogens with one attached hydrogen (secondary N) is 1. The van der Waals surface area contributed by atoms with Gasteiger partial charge in [-0.25, -0.2) is 4.39 Å². The van der Waals surface area contributed by atoms with Crippen LogP contribution in [0.2, 0.25) is 0 Å². The summed E-state index contributed by atoms with van der Waals surface area (Å²) in [7, 11) is 0. The smallest absolute Gasteiger partial charge is 0.234 e. The molecule has 1 amide bonds. The zero-order valence-corrected chi connectivity index (χ0v) is 12.6. The van der Waals surface area contributed by atoms with Crippen LogP contribution < -0.4 is 11.1 Å². The summed E-state index contributed by atoms with van der Waals surface area (Å²) in [4.78, 5) is 14.1. The van der Waals surface area contributed by atoms with Crippen molar-refractivity contribution in [2.75, 3.05) is 26.2 Å². The molecule has 1 aliphatic rings. The molecule has 5 heteroatoms. The van der Waals surface area contributed by atoms with Gasteiger partial charge in [0.15, 0.2) is 0 Å². The average Bonchev–Trinajstić information content (AvgIpc) is 2.48. The number of halogens is 1. The summed E-state index contributed by atoms with van der Waals surface area (Å²) in [6.07, 6.45) is 2.25. The lowest BCUT2D eigenvalue weighted by Crippen LogP contribution is -2.43. The lowest BCUT2D eigenvalue weighted by molar-refractivity contribution is -0.122. The molecule has 0 saturated carbocycles. The van der Waals surface area contributed by atoms with E-state index in [1.54, 1.807) is 13.0 Å². The lowest BCUT2D eigenvalue weighted by Gasteiger charge is -2.31. The second-order valence-corrected chi connectivity index (χ2v) is 5.84. The minimum atomic E-state index is -0.233. The minimum Gasteiger partial charge on any atom is -0.351 e. The molecule has 0 aromatic heterocycles.